The molecule has 0 aliphatic carbocycles. The molecule has 1 aromatic heterocycles. The van der Waals surface area contributed by atoms with E-state index in [0.717, 1.165) is 6.92 Å². The van der Waals surface area contributed by atoms with Gasteiger partial charge in [0.25, 0.3) is 0 Å². The fourth-order valence-electron chi connectivity index (χ4n) is 8.15. The van der Waals surface area contributed by atoms with E-state index in [1.807, 2.05) is 0 Å². The lowest BCUT2D eigenvalue weighted by molar-refractivity contribution is -0.144. The Morgan fingerprint density at radius 1 is 0.518 bits per heavy atom. The minimum Gasteiger partial charge on any atom is -0.481 e. The Labute approximate surface area is 475 Å². The second-order valence-corrected chi connectivity index (χ2v) is 20.2. The molecule has 0 unspecified atom stereocenters. The number of benzene rings is 2. The third kappa shape index (κ3) is 23.3. The average molecular weight is 1170 g/mol. The lowest BCUT2D eigenvalue weighted by atomic mass is 10.0. The second kappa shape index (κ2) is 32.7. The number of carbonyl (C=O) groups excluding carboxylic acids is 10. The van der Waals surface area contributed by atoms with Gasteiger partial charge in [-0.15, -0.1) is 0 Å². The van der Waals surface area contributed by atoms with Gasteiger partial charge < -0.3 is 84.7 Å². The third-order valence-corrected chi connectivity index (χ3v) is 12.5. The maximum Gasteiger partial charge on any atom is 0.326 e. The van der Waals surface area contributed by atoms with Crippen molar-refractivity contribution in [3.63, 3.8) is 0 Å². The van der Waals surface area contributed by atoms with Gasteiger partial charge in [-0.1, -0.05) is 76.2 Å². The fraction of sp³-hybridized carbons (Fsp3) is 0.472. The Hall–Kier alpha value is -9.48. The van der Waals surface area contributed by atoms with Crippen LogP contribution in [0.4, 0.5) is 0 Å². The number of hydrogen-bond acceptors (Lipinski definition) is 15. The minimum atomic E-state index is -2.07. The summed E-state index contributed by atoms with van der Waals surface area (Å²) in [5.41, 5.74) is 12.6. The van der Waals surface area contributed by atoms with Crippen molar-refractivity contribution in [3.05, 3.63) is 71.9 Å². The lowest BCUT2D eigenvalue weighted by Gasteiger charge is -2.27. The molecule has 0 bridgehead atoms. The SMILES string of the molecule is CC(C)C[C@H](NC(=O)[C@H](C)NC(=O)[C@H](CC(=O)O)NC(=O)[C@H](CC(=O)O)NC(=O)[C@H](Cc1c[nH]c2ccccc12)NC(=O)CNC(=O)[C@@H](NC(=O)[C@@H](N)CCC(N)=O)C(C)C)C(=O)N[C@@H](CC(=O)O)C(=O)N[C@@H](Cc1ccccc1)C(=O)O. The topological polar surface area (TPSA) is 496 Å². The molecule has 30 nitrogen and oxygen atoms in total. The van der Waals surface area contributed by atoms with E-state index < -0.39 is 169 Å². The highest BCUT2D eigenvalue weighted by molar-refractivity contribution is 6.00. The molecule has 83 heavy (non-hydrogen) atoms. The molecule has 0 fully saturated rings. The molecular formula is C53H72N12O18. The smallest absolute Gasteiger partial charge is 0.326 e. The van der Waals surface area contributed by atoms with Crippen LogP contribution in [-0.2, 0) is 80.0 Å². The first kappa shape index (κ1) is 67.8. The van der Waals surface area contributed by atoms with Crippen molar-refractivity contribution in [2.75, 3.05) is 6.54 Å². The Morgan fingerprint density at radius 3 is 1.51 bits per heavy atom. The molecule has 9 atom stereocenters. The van der Waals surface area contributed by atoms with Crippen LogP contribution < -0.4 is 59.3 Å². The van der Waals surface area contributed by atoms with Gasteiger partial charge in [0.2, 0.25) is 59.1 Å². The minimum absolute atomic E-state index is 0.112. The zero-order valence-electron chi connectivity index (χ0n) is 46.1. The van der Waals surface area contributed by atoms with Crippen LogP contribution in [-0.4, -0.2) is 169 Å². The van der Waals surface area contributed by atoms with Crippen molar-refractivity contribution in [1.82, 2.24) is 52.8 Å². The van der Waals surface area contributed by atoms with E-state index in [-0.39, 0.29) is 38.0 Å². The van der Waals surface area contributed by atoms with Gasteiger partial charge in [0, 0.05) is 36.4 Å². The van der Waals surface area contributed by atoms with Crippen LogP contribution >= 0.6 is 0 Å². The molecule has 3 aromatic rings. The molecule has 3 rings (SSSR count). The van der Waals surface area contributed by atoms with Crippen LogP contribution in [0.1, 0.15) is 84.3 Å². The summed E-state index contributed by atoms with van der Waals surface area (Å²) in [5.74, 6) is -17.8. The Bertz CT molecular complexity index is 2860. The number of para-hydroxylation sites is 1. The Kier molecular flexibility index (Phi) is 26.7. The van der Waals surface area contributed by atoms with Gasteiger partial charge in [-0.2, -0.15) is 0 Å². The van der Waals surface area contributed by atoms with Crippen molar-refractivity contribution in [1.29, 1.82) is 0 Å². The molecule has 18 N–H and O–H groups in total. The third-order valence-electron chi connectivity index (χ3n) is 12.5. The predicted molar refractivity (Wildman–Crippen MR) is 291 cm³/mol. The maximum atomic E-state index is 14.1. The summed E-state index contributed by atoms with van der Waals surface area (Å²) >= 11 is 0. The summed E-state index contributed by atoms with van der Waals surface area (Å²) in [6.07, 6.45) is -2.79. The van der Waals surface area contributed by atoms with Gasteiger partial charge in [-0.3, -0.25) is 62.3 Å². The first-order valence-electron chi connectivity index (χ1n) is 26.2. The zero-order valence-corrected chi connectivity index (χ0v) is 46.1. The highest BCUT2D eigenvalue weighted by atomic mass is 16.4. The summed E-state index contributed by atoms with van der Waals surface area (Å²) in [7, 11) is 0. The Morgan fingerprint density at radius 2 is 1.00 bits per heavy atom. The number of rotatable bonds is 35. The van der Waals surface area contributed by atoms with E-state index in [4.69, 9.17) is 11.5 Å². The van der Waals surface area contributed by atoms with Crippen molar-refractivity contribution in [2.24, 2.45) is 23.3 Å². The average Bonchev–Trinajstić information content (AvgIpc) is 3.89. The molecular weight excluding hydrogens is 1090 g/mol. The van der Waals surface area contributed by atoms with Gasteiger partial charge in [-0.25, -0.2) is 4.79 Å². The van der Waals surface area contributed by atoms with E-state index >= 15 is 0 Å². The highest BCUT2D eigenvalue weighted by Crippen LogP contribution is 2.20. The molecule has 0 radical (unpaired) electrons. The van der Waals surface area contributed by atoms with Crippen molar-refractivity contribution >= 4 is 93.9 Å². The van der Waals surface area contributed by atoms with Crippen LogP contribution in [0.5, 0.6) is 0 Å². The maximum absolute atomic E-state index is 14.1. The van der Waals surface area contributed by atoms with E-state index in [9.17, 15) is 87.5 Å². The standard InChI is InChI=1S/C53H72N12O18/c1-25(2)17-33(48(77)62-37(22-43(72)73)51(80)64-38(53(82)83)18-28-11-7-6-8-12-28)60-45(74)27(5)58-47(76)35(20-41(68)69)61-50(79)36(21-42(70)71)63-49(78)34(19-29-23-56-32-14-10-9-13-30(29)32)59-40(67)24-57-52(81)44(26(3)4)65-46(75)31(54)15-16-39(55)66/h6-14,23,25-27,31,33-38,44,56H,15-22,24,54H2,1-5H3,(H2,55,66)(H,57,81)(H,58,76)(H,59,67)(H,60,74)(H,61,79)(H,62,77)(H,63,78)(H,64,80)(H,65,75)(H,68,69)(H,70,71)(H,72,73)(H,82,83)/t27-,31-,33-,34-,35-,36-,37-,38-,44-/m0/s1. The van der Waals surface area contributed by atoms with Crippen LogP contribution in [0.2, 0.25) is 0 Å². The number of primary amides is 1. The molecule has 30 heteroatoms. The normalized spacial score (nSPS) is 14.3. The predicted octanol–water partition coefficient (Wildman–Crippen LogP) is -3.23. The van der Waals surface area contributed by atoms with Gasteiger partial charge in [-0.05, 0) is 48.8 Å². The van der Waals surface area contributed by atoms with Gasteiger partial charge in [0.05, 0.1) is 31.8 Å². The summed E-state index contributed by atoms with van der Waals surface area (Å²) in [4.78, 5) is 184. The van der Waals surface area contributed by atoms with E-state index in [2.05, 4.69) is 52.8 Å². The molecule has 10 amide bonds. The number of H-pyrrole nitrogens is 1. The molecule has 2 aromatic carbocycles. The molecule has 0 saturated carbocycles. The van der Waals surface area contributed by atoms with E-state index in [1.54, 1.807) is 82.3 Å². The number of fused-ring (bicyclic) bond motifs is 1. The van der Waals surface area contributed by atoms with E-state index in [0.29, 0.717) is 22.0 Å². The molecule has 1 heterocycles. The number of aromatic amines is 1. The molecule has 0 aliphatic rings. The number of aliphatic carboxylic acids is 4. The number of carboxylic acids is 4. The number of amides is 10. The summed E-state index contributed by atoms with van der Waals surface area (Å²) in [5, 5.41) is 60.2. The van der Waals surface area contributed by atoms with Crippen molar-refractivity contribution in [2.45, 2.75) is 140 Å². The molecule has 452 valence electrons. The molecule has 0 saturated heterocycles. The Balaban J connectivity index is 1.80. The summed E-state index contributed by atoms with van der Waals surface area (Å²) < 4.78 is 0. The molecule has 0 aliphatic heterocycles. The van der Waals surface area contributed by atoms with Crippen LogP contribution in [0.25, 0.3) is 10.9 Å². The van der Waals surface area contributed by atoms with Gasteiger partial charge >= 0.3 is 23.9 Å². The number of nitrogens with one attached hydrogen (secondary N) is 10. The van der Waals surface area contributed by atoms with Gasteiger partial charge in [0.1, 0.15) is 48.3 Å². The number of carbonyl (C=O) groups is 14. The van der Waals surface area contributed by atoms with Crippen molar-refractivity contribution < 1.29 is 87.5 Å². The molecule has 0 spiro atoms. The van der Waals surface area contributed by atoms with Crippen molar-refractivity contribution in [3.8, 4) is 0 Å². The van der Waals surface area contributed by atoms with Crippen LogP contribution in [0.3, 0.4) is 0 Å². The number of hydrogen-bond donors (Lipinski definition) is 16. The first-order chi connectivity index (χ1) is 38.9. The lowest BCUT2D eigenvalue weighted by Crippen LogP contribution is -2.60. The number of carboxylic acid groups (broad SMARTS) is 4. The zero-order chi connectivity index (χ0) is 62.2. The van der Waals surface area contributed by atoms with Crippen LogP contribution in [0, 0.1) is 11.8 Å². The quantitative estimate of drug-likeness (QED) is 0.0275. The summed E-state index contributed by atoms with van der Waals surface area (Å²) in [6, 6.07) is 0.216. The largest absolute Gasteiger partial charge is 0.481 e. The van der Waals surface area contributed by atoms with E-state index in [1.165, 1.54) is 6.20 Å². The number of aromatic nitrogens is 1. The first-order valence-corrected chi connectivity index (χ1v) is 26.2. The fourth-order valence-corrected chi connectivity index (χ4v) is 8.15. The van der Waals surface area contributed by atoms with Crippen LogP contribution in [0.15, 0.2) is 60.8 Å². The van der Waals surface area contributed by atoms with Gasteiger partial charge in [0.15, 0.2) is 0 Å². The second-order valence-electron chi connectivity index (χ2n) is 20.2. The summed E-state index contributed by atoms with van der Waals surface area (Å²) in [6.45, 7) is 6.78. The monoisotopic (exact) mass is 1160 g/mol. The highest BCUT2D eigenvalue weighted by Gasteiger charge is 2.36. The number of nitrogens with two attached hydrogens (primary N) is 2.